The Morgan fingerprint density at radius 2 is 1.88 bits per heavy atom. The molecule has 26 heavy (non-hydrogen) atoms. The van der Waals surface area contributed by atoms with E-state index in [-0.39, 0.29) is 24.7 Å². The number of hydrogen-bond donors (Lipinski definition) is 1. The Labute approximate surface area is 158 Å². The van der Waals surface area contributed by atoms with Crippen molar-refractivity contribution in [3.63, 3.8) is 0 Å². The van der Waals surface area contributed by atoms with Crippen molar-refractivity contribution in [3.8, 4) is 0 Å². The van der Waals surface area contributed by atoms with Crippen molar-refractivity contribution in [2.45, 2.75) is 37.0 Å². The summed E-state index contributed by atoms with van der Waals surface area (Å²) >= 11 is 1.77. The predicted molar refractivity (Wildman–Crippen MR) is 106 cm³/mol. The van der Waals surface area contributed by atoms with E-state index in [1.54, 1.807) is 11.8 Å². The highest BCUT2D eigenvalue weighted by atomic mass is 32.2. The summed E-state index contributed by atoms with van der Waals surface area (Å²) in [4.78, 5) is 27.8. The van der Waals surface area contributed by atoms with Crippen LogP contribution in [-0.4, -0.2) is 24.1 Å². The molecule has 134 valence electrons. The highest BCUT2D eigenvalue weighted by Crippen LogP contribution is 2.34. The number of carbonyl (C=O) groups is 2. The molecule has 0 unspecified atom stereocenters. The third-order valence-corrected chi connectivity index (χ3v) is 6.02. The van der Waals surface area contributed by atoms with E-state index < -0.39 is 0 Å². The Hall–Kier alpha value is -2.27. The molecule has 2 aromatic carbocycles. The van der Waals surface area contributed by atoms with Crippen LogP contribution in [-0.2, 0) is 22.4 Å². The molecule has 0 fully saturated rings. The van der Waals surface area contributed by atoms with Crippen LogP contribution < -0.4 is 10.2 Å². The molecule has 1 aliphatic carbocycles. The zero-order valence-electron chi connectivity index (χ0n) is 14.7. The normalized spacial score (nSPS) is 15.3. The van der Waals surface area contributed by atoms with E-state index in [2.05, 4.69) is 17.4 Å². The maximum absolute atomic E-state index is 12.6. The van der Waals surface area contributed by atoms with Gasteiger partial charge in [0, 0.05) is 35.7 Å². The minimum atomic E-state index is -0.101. The number of hydrogen-bond acceptors (Lipinski definition) is 3. The fraction of sp³-hybridized carbons (Fsp3) is 0.333. The quantitative estimate of drug-likeness (QED) is 0.889. The molecule has 0 atom stereocenters. The summed E-state index contributed by atoms with van der Waals surface area (Å²) in [6, 6.07) is 14.1. The maximum Gasteiger partial charge on any atom is 0.227 e. The zero-order chi connectivity index (χ0) is 17.9. The number of carbonyl (C=O) groups excluding carboxylic acids is 2. The molecule has 0 spiro atoms. The summed E-state index contributed by atoms with van der Waals surface area (Å²) in [6.07, 6.45) is 3.85. The van der Waals surface area contributed by atoms with E-state index >= 15 is 0 Å². The smallest absolute Gasteiger partial charge is 0.227 e. The minimum absolute atomic E-state index is 0.0156. The van der Waals surface area contributed by atoms with Crippen molar-refractivity contribution < 1.29 is 9.59 Å². The fourth-order valence-corrected chi connectivity index (χ4v) is 4.65. The van der Waals surface area contributed by atoms with Gasteiger partial charge in [-0.2, -0.15) is 0 Å². The first-order valence-corrected chi connectivity index (χ1v) is 10.1. The predicted octanol–water partition coefficient (Wildman–Crippen LogP) is 4.03. The standard InChI is InChI=1S/C21H22N2O2S/c24-20(22-17-9-8-15-4-3-5-16(15)14-17)10-11-21(25)23-12-13-26-19-7-2-1-6-18(19)23/h1-2,6-9,14H,3-5,10-13H2,(H,22,24). The van der Waals surface area contributed by atoms with Gasteiger partial charge in [0.1, 0.15) is 0 Å². The lowest BCUT2D eigenvalue weighted by atomic mass is 10.1. The van der Waals surface area contributed by atoms with Gasteiger partial charge in [0.2, 0.25) is 11.8 Å². The molecule has 0 aromatic heterocycles. The third kappa shape index (κ3) is 3.63. The molecule has 0 radical (unpaired) electrons. The van der Waals surface area contributed by atoms with Crippen LogP contribution in [0.25, 0.3) is 0 Å². The number of para-hydroxylation sites is 1. The lowest BCUT2D eigenvalue weighted by Crippen LogP contribution is -2.35. The molecule has 2 aromatic rings. The molecule has 1 heterocycles. The third-order valence-electron chi connectivity index (χ3n) is 4.98. The Morgan fingerprint density at radius 1 is 1.04 bits per heavy atom. The van der Waals surface area contributed by atoms with Crippen molar-refractivity contribution in [3.05, 3.63) is 53.6 Å². The molecule has 0 saturated carbocycles. The summed E-state index contributed by atoms with van der Waals surface area (Å²) in [7, 11) is 0. The molecule has 0 saturated heterocycles. The van der Waals surface area contributed by atoms with Gasteiger partial charge in [-0.25, -0.2) is 0 Å². The highest BCUT2D eigenvalue weighted by Gasteiger charge is 2.23. The van der Waals surface area contributed by atoms with Crippen LogP contribution >= 0.6 is 11.8 Å². The highest BCUT2D eigenvalue weighted by molar-refractivity contribution is 7.99. The largest absolute Gasteiger partial charge is 0.326 e. The monoisotopic (exact) mass is 366 g/mol. The molecule has 2 aliphatic rings. The molecular formula is C21H22N2O2S. The van der Waals surface area contributed by atoms with Gasteiger partial charge in [-0.1, -0.05) is 18.2 Å². The molecule has 1 N–H and O–H groups in total. The first-order valence-electron chi connectivity index (χ1n) is 9.14. The number of nitrogens with one attached hydrogen (secondary N) is 1. The number of fused-ring (bicyclic) bond motifs is 2. The number of nitrogens with zero attached hydrogens (tertiary/aromatic N) is 1. The first kappa shape index (κ1) is 17.2. The van der Waals surface area contributed by atoms with Gasteiger partial charge >= 0.3 is 0 Å². The van der Waals surface area contributed by atoms with Crippen molar-refractivity contribution in [2.75, 3.05) is 22.5 Å². The lowest BCUT2D eigenvalue weighted by Gasteiger charge is -2.29. The fourth-order valence-electron chi connectivity index (χ4n) is 3.66. The Balaban J connectivity index is 1.34. The zero-order valence-corrected chi connectivity index (χ0v) is 15.5. The first-order chi connectivity index (χ1) is 12.7. The molecule has 5 heteroatoms. The van der Waals surface area contributed by atoms with Crippen LogP contribution in [0.4, 0.5) is 11.4 Å². The molecule has 0 bridgehead atoms. The number of benzene rings is 2. The topological polar surface area (TPSA) is 49.4 Å². The van der Waals surface area contributed by atoms with Crippen LogP contribution in [0.3, 0.4) is 0 Å². The number of rotatable bonds is 4. The molecule has 1 aliphatic heterocycles. The van der Waals surface area contributed by atoms with E-state index in [9.17, 15) is 9.59 Å². The van der Waals surface area contributed by atoms with Gasteiger partial charge in [-0.3, -0.25) is 9.59 Å². The second-order valence-corrected chi connectivity index (χ2v) is 7.88. The minimum Gasteiger partial charge on any atom is -0.326 e. The van der Waals surface area contributed by atoms with Crippen LogP contribution in [0, 0.1) is 0 Å². The lowest BCUT2D eigenvalue weighted by molar-refractivity contribution is -0.122. The summed E-state index contributed by atoms with van der Waals surface area (Å²) < 4.78 is 0. The average molecular weight is 366 g/mol. The maximum atomic E-state index is 12.6. The van der Waals surface area contributed by atoms with Gasteiger partial charge < -0.3 is 10.2 Å². The average Bonchev–Trinajstić information content (AvgIpc) is 3.13. The summed E-state index contributed by atoms with van der Waals surface area (Å²) in [5.74, 6) is 0.808. The number of amides is 2. The number of aryl methyl sites for hydroxylation is 2. The Bertz CT molecular complexity index is 850. The molecule has 2 amide bonds. The van der Waals surface area contributed by atoms with E-state index in [4.69, 9.17) is 0 Å². The van der Waals surface area contributed by atoms with Gasteiger partial charge in [0.25, 0.3) is 0 Å². The second kappa shape index (κ2) is 7.54. The van der Waals surface area contributed by atoms with E-state index in [0.717, 1.165) is 34.9 Å². The molecular weight excluding hydrogens is 344 g/mol. The van der Waals surface area contributed by atoms with E-state index in [1.807, 2.05) is 35.2 Å². The molecule has 4 rings (SSSR count). The Morgan fingerprint density at radius 3 is 2.81 bits per heavy atom. The molecule has 4 nitrogen and oxygen atoms in total. The van der Waals surface area contributed by atoms with Gasteiger partial charge in [-0.05, 0) is 54.7 Å². The van der Waals surface area contributed by atoms with E-state index in [1.165, 1.54) is 17.5 Å². The number of anilines is 2. The van der Waals surface area contributed by atoms with Crippen molar-refractivity contribution in [2.24, 2.45) is 0 Å². The number of thioether (sulfide) groups is 1. The summed E-state index contributed by atoms with van der Waals surface area (Å²) in [6.45, 7) is 0.701. The summed E-state index contributed by atoms with van der Waals surface area (Å²) in [5, 5.41) is 2.94. The van der Waals surface area contributed by atoms with Crippen LogP contribution in [0.5, 0.6) is 0 Å². The van der Waals surface area contributed by atoms with Crippen molar-refractivity contribution in [1.82, 2.24) is 0 Å². The van der Waals surface area contributed by atoms with Crippen molar-refractivity contribution in [1.29, 1.82) is 0 Å². The second-order valence-electron chi connectivity index (χ2n) is 6.75. The van der Waals surface area contributed by atoms with Gasteiger partial charge in [0.15, 0.2) is 0 Å². The summed E-state index contributed by atoms with van der Waals surface area (Å²) in [5.41, 5.74) is 4.52. The van der Waals surface area contributed by atoms with Crippen LogP contribution in [0.2, 0.25) is 0 Å². The van der Waals surface area contributed by atoms with Gasteiger partial charge in [0.05, 0.1) is 5.69 Å². The van der Waals surface area contributed by atoms with Crippen molar-refractivity contribution >= 4 is 35.0 Å². The van der Waals surface area contributed by atoms with Crippen LogP contribution in [0.15, 0.2) is 47.4 Å². The van der Waals surface area contributed by atoms with Gasteiger partial charge in [-0.15, -0.1) is 11.8 Å². The van der Waals surface area contributed by atoms with E-state index in [0.29, 0.717) is 6.54 Å². The Kier molecular flexibility index (Phi) is 4.98. The SMILES string of the molecule is O=C(CCC(=O)N1CCSc2ccccc21)Nc1ccc2c(c1)CCC2. The van der Waals surface area contributed by atoms with Crippen LogP contribution in [0.1, 0.15) is 30.4 Å².